The highest BCUT2D eigenvalue weighted by molar-refractivity contribution is 6.06. The highest BCUT2D eigenvalue weighted by Crippen LogP contribution is 2.27. The summed E-state index contributed by atoms with van der Waals surface area (Å²) < 4.78 is 17.6. The Balaban J connectivity index is 1.89. The fraction of sp³-hybridized carbons (Fsp3) is 0.300. The lowest BCUT2D eigenvalue weighted by Crippen LogP contribution is -2.26. The quantitative estimate of drug-likeness (QED) is 0.721. The maximum Gasteiger partial charge on any atom is 0.262 e. The second kappa shape index (κ2) is 7.57. The Bertz CT molecular complexity index is 1050. The lowest BCUT2D eigenvalue weighted by Gasteiger charge is -2.10. The van der Waals surface area contributed by atoms with E-state index >= 15 is 0 Å². The molecule has 0 unspecified atom stereocenters. The molecule has 0 saturated carbocycles. The minimum atomic E-state index is -0.355. The number of amides is 1. The number of nitrogens with zero attached hydrogens (tertiary/aromatic N) is 1. The van der Waals surface area contributed by atoms with Crippen molar-refractivity contribution in [1.29, 1.82) is 0 Å². The zero-order valence-electron chi connectivity index (χ0n) is 15.8. The highest BCUT2D eigenvalue weighted by Gasteiger charge is 2.21. The first-order valence-electron chi connectivity index (χ1n) is 8.61. The third-order valence-electron chi connectivity index (χ3n) is 4.46. The molecule has 0 radical (unpaired) electrons. The summed E-state index contributed by atoms with van der Waals surface area (Å²) in [4.78, 5) is 25.4. The average molecular weight is 370 g/mol. The van der Waals surface area contributed by atoms with E-state index in [0.717, 1.165) is 5.56 Å². The molecule has 0 aliphatic rings. The minimum Gasteiger partial charge on any atom is -0.493 e. The molecule has 0 spiro atoms. The molecule has 3 aromatic rings. The molecule has 7 heteroatoms. The SMILES string of the molecule is CCn1ccc2oc(C)c(C(=O)NCc3ccc(OC)c(OC)c3)c2c1=O. The molecule has 2 aromatic heterocycles. The van der Waals surface area contributed by atoms with Gasteiger partial charge in [0.2, 0.25) is 0 Å². The summed E-state index contributed by atoms with van der Waals surface area (Å²) in [7, 11) is 3.12. The molecule has 27 heavy (non-hydrogen) atoms. The van der Waals surface area contributed by atoms with Gasteiger partial charge in [0.05, 0.1) is 25.2 Å². The summed E-state index contributed by atoms with van der Waals surface area (Å²) in [6, 6.07) is 7.12. The van der Waals surface area contributed by atoms with Crippen LogP contribution in [0.25, 0.3) is 11.0 Å². The number of aromatic nitrogens is 1. The Morgan fingerprint density at radius 1 is 1.19 bits per heavy atom. The second-order valence-electron chi connectivity index (χ2n) is 6.05. The van der Waals surface area contributed by atoms with Crippen molar-refractivity contribution in [2.24, 2.45) is 0 Å². The van der Waals surface area contributed by atoms with Gasteiger partial charge >= 0.3 is 0 Å². The number of rotatable bonds is 6. The Labute approximate surface area is 156 Å². The molecule has 1 amide bonds. The van der Waals surface area contributed by atoms with Crippen molar-refractivity contribution in [2.75, 3.05) is 14.2 Å². The minimum absolute atomic E-state index is 0.233. The second-order valence-corrected chi connectivity index (χ2v) is 6.05. The van der Waals surface area contributed by atoms with Crippen molar-refractivity contribution in [3.05, 3.63) is 57.7 Å². The molecule has 0 bridgehead atoms. The number of hydrogen-bond donors (Lipinski definition) is 1. The van der Waals surface area contributed by atoms with Crippen LogP contribution in [0.3, 0.4) is 0 Å². The summed E-state index contributed by atoms with van der Waals surface area (Å²) in [5.74, 6) is 1.26. The number of benzene rings is 1. The first-order chi connectivity index (χ1) is 13.0. The van der Waals surface area contributed by atoms with Crippen LogP contribution in [-0.2, 0) is 13.1 Å². The molecule has 0 fully saturated rings. The first kappa shape index (κ1) is 18.6. The van der Waals surface area contributed by atoms with Crippen LogP contribution >= 0.6 is 0 Å². The number of aryl methyl sites for hydroxylation is 2. The number of carbonyl (C=O) groups is 1. The van der Waals surface area contributed by atoms with Crippen LogP contribution in [0, 0.1) is 6.92 Å². The normalized spacial score (nSPS) is 10.8. The number of ether oxygens (including phenoxy) is 2. The van der Waals surface area contributed by atoms with E-state index in [1.807, 2.05) is 13.0 Å². The van der Waals surface area contributed by atoms with Crippen LogP contribution in [0.4, 0.5) is 0 Å². The Hall–Kier alpha value is -3.22. The maximum atomic E-state index is 12.8. The maximum absolute atomic E-state index is 12.8. The van der Waals surface area contributed by atoms with Crippen LogP contribution in [-0.4, -0.2) is 24.7 Å². The van der Waals surface area contributed by atoms with E-state index in [4.69, 9.17) is 13.9 Å². The molecule has 2 heterocycles. The van der Waals surface area contributed by atoms with E-state index in [9.17, 15) is 9.59 Å². The van der Waals surface area contributed by atoms with Gasteiger partial charge in [-0.2, -0.15) is 0 Å². The van der Waals surface area contributed by atoms with Gasteiger partial charge in [-0.3, -0.25) is 9.59 Å². The number of carbonyl (C=O) groups excluding carboxylic acids is 1. The van der Waals surface area contributed by atoms with E-state index < -0.39 is 0 Å². The fourth-order valence-electron chi connectivity index (χ4n) is 3.05. The van der Waals surface area contributed by atoms with Gasteiger partial charge in [-0.05, 0) is 37.6 Å². The van der Waals surface area contributed by atoms with E-state index in [0.29, 0.717) is 34.8 Å². The van der Waals surface area contributed by atoms with E-state index in [2.05, 4.69) is 5.32 Å². The monoisotopic (exact) mass is 370 g/mol. The number of furan rings is 1. The Morgan fingerprint density at radius 2 is 1.93 bits per heavy atom. The van der Waals surface area contributed by atoms with Gasteiger partial charge in [-0.25, -0.2) is 0 Å². The van der Waals surface area contributed by atoms with Gasteiger partial charge in [-0.1, -0.05) is 6.07 Å². The molecule has 0 atom stereocenters. The van der Waals surface area contributed by atoms with Crippen LogP contribution < -0.4 is 20.3 Å². The zero-order valence-corrected chi connectivity index (χ0v) is 15.8. The molecule has 142 valence electrons. The van der Waals surface area contributed by atoms with Crippen molar-refractivity contribution < 1.29 is 18.7 Å². The summed E-state index contributed by atoms with van der Waals surface area (Å²) in [5.41, 5.74) is 1.30. The van der Waals surface area contributed by atoms with Gasteiger partial charge in [0, 0.05) is 19.3 Å². The van der Waals surface area contributed by atoms with Gasteiger partial charge in [-0.15, -0.1) is 0 Å². The molecular formula is C20H22N2O5. The summed E-state index contributed by atoms with van der Waals surface area (Å²) in [6.07, 6.45) is 1.67. The molecule has 3 rings (SSSR count). The molecule has 0 aliphatic carbocycles. The predicted molar refractivity (Wildman–Crippen MR) is 102 cm³/mol. The third kappa shape index (κ3) is 3.40. The van der Waals surface area contributed by atoms with Crippen molar-refractivity contribution in [3.8, 4) is 11.5 Å². The van der Waals surface area contributed by atoms with Crippen LogP contribution in [0.15, 0.2) is 39.7 Å². The van der Waals surface area contributed by atoms with E-state index in [1.54, 1.807) is 50.1 Å². The lowest BCUT2D eigenvalue weighted by atomic mass is 10.1. The number of fused-ring (bicyclic) bond motifs is 1. The topological polar surface area (TPSA) is 82.7 Å². The average Bonchev–Trinajstić information content (AvgIpc) is 3.03. The molecular weight excluding hydrogens is 348 g/mol. The van der Waals surface area contributed by atoms with Gasteiger partial charge in [0.25, 0.3) is 11.5 Å². The first-order valence-corrected chi connectivity index (χ1v) is 8.61. The highest BCUT2D eigenvalue weighted by atomic mass is 16.5. The van der Waals surface area contributed by atoms with Crippen LogP contribution in [0.2, 0.25) is 0 Å². The molecule has 0 aliphatic heterocycles. The molecule has 7 nitrogen and oxygen atoms in total. The lowest BCUT2D eigenvalue weighted by molar-refractivity contribution is 0.0950. The van der Waals surface area contributed by atoms with Gasteiger partial charge in [0.15, 0.2) is 11.5 Å². The number of nitrogens with one attached hydrogen (secondary N) is 1. The van der Waals surface area contributed by atoms with E-state index in [1.165, 1.54) is 0 Å². The number of hydrogen-bond acceptors (Lipinski definition) is 5. The number of pyridine rings is 1. The van der Waals surface area contributed by atoms with Crippen molar-refractivity contribution in [3.63, 3.8) is 0 Å². The summed E-state index contributed by atoms with van der Waals surface area (Å²) in [5, 5.41) is 3.15. The summed E-state index contributed by atoms with van der Waals surface area (Å²) in [6.45, 7) is 4.35. The van der Waals surface area contributed by atoms with Crippen molar-refractivity contribution in [1.82, 2.24) is 9.88 Å². The third-order valence-corrected chi connectivity index (χ3v) is 4.46. The summed E-state index contributed by atoms with van der Waals surface area (Å²) >= 11 is 0. The molecule has 0 saturated heterocycles. The van der Waals surface area contributed by atoms with E-state index in [-0.39, 0.29) is 23.6 Å². The fourth-order valence-corrected chi connectivity index (χ4v) is 3.05. The predicted octanol–water partition coefficient (Wildman–Crippen LogP) is 2.87. The van der Waals surface area contributed by atoms with Gasteiger partial charge in [0.1, 0.15) is 11.3 Å². The van der Waals surface area contributed by atoms with Crippen LogP contribution in [0.1, 0.15) is 28.6 Å². The smallest absolute Gasteiger partial charge is 0.262 e. The largest absolute Gasteiger partial charge is 0.493 e. The standard InChI is InChI=1S/C20H22N2O5/c1-5-22-9-8-15-18(20(22)24)17(12(2)27-15)19(23)21-11-13-6-7-14(25-3)16(10-13)26-4/h6-10H,5,11H2,1-4H3,(H,21,23). The van der Waals surface area contributed by atoms with Crippen molar-refractivity contribution in [2.45, 2.75) is 26.9 Å². The van der Waals surface area contributed by atoms with Crippen molar-refractivity contribution >= 4 is 16.9 Å². The zero-order chi connectivity index (χ0) is 19.6. The number of methoxy groups -OCH3 is 2. The molecule has 1 aromatic carbocycles. The Kier molecular flexibility index (Phi) is 5.21. The molecule has 1 N–H and O–H groups in total. The Morgan fingerprint density at radius 3 is 2.59 bits per heavy atom. The van der Waals surface area contributed by atoms with Crippen LogP contribution in [0.5, 0.6) is 11.5 Å². The van der Waals surface area contributed by atoms with Gasteiger partial charge < -0.3 is 23.8 Å².